The fraction of sp³-hybridized carbons (Fsp3) is 0.229. The van der Waals surface area contributed by atoms with Gasteiger partial charge >= 0.3 is 27.8 Å². The second-order valence-corrected chi connectivity index (χ2v) is 16.5. The molecule has 2 amide bonds. The van der Waals surface area contributed by atoms with Gasteiger partial charge in [-0.1, -0.05) is 17.3 Å². The highest BCUT2D eigenvalue weighted by molar-refractivity contribution is 7.61. The lowest BCUT2D eigenvalue weighted by Crippen LogP contribution is -2.26. The quantitative estimate of drug-likeness (QED) is 0.141. The minimum Gasteiger partial charge on any atom is -0.441 e. The van der Waals surface area contributed by atoms with Crippen LogP contribution in [-0.2, 0) is 46.1 Å². The van der Waals surface area contributed by atoms with E-state index in [0.29, 0.717) is 28.2 Å². The van der Waals surface area contributed by atoms with E-state index in [4.69, 9.17) is 18.5 Å². The number of aryl methyl sites for hydroxylation is 2. The number of ether oxygens (including phenoxy) is 2. The summed E-state index contributed by atoms with van der Waals surface area (Å²) in [5, 5.41) is 19.6. The third kappa shape index (κ3) is 9.35. The van der Waals surface area contributed by atoms with E-state index in [-0.39, 0.29) is 41.4 Å². The van der Waals surface area contributed by atoms with E-state index in [1.165, 1.54) is 46.1 Å². The average molecular weight is 882 g/mol. The monoisotopic (exact) mass is 881 g/mol. The third-order valence-electron chi connectivity index (χ3n) is 9.08. The summed E-state index contributed by atoms with van der Waals surface area (Å²) in [5.74, 6) is -1.08. The third-order valence-corrected chi connectivity index (χ3v) is 11.7. The Morgan fingerprint density at radius 1 is 0.721 bits per heavy atom. The maximum absolute atomic E-state index is 15.3. The number of halogens is 2. The van der Waals surface area contributed by atoms with Gasteiger partial charge in [0.1, 0.15) is 35.2 Å². The first-order chi connectivity index (χ1) is 29.1. The number of hydrogen-bond donors (Lipinski definition) is 2. The van der Waals surface area contributed by atoms with E-state index in [1.54, 1.807) is 44.6 Å². The molecule has 2 saturated heterocycles. The maximum atomic E-state index is 15.3. The molecule has 2 aliphatic rings. The highest BCUT2D eigenvalue weighted by Gasteiger charge is 2.41. The van der Waals surface area contributed by atoms with Gasteiger partial charge in [0.05, 0.1) is 56.6 Å². The molecule has 0 bridgehead atoms. The summed E-state index contributed by atoms with van der Waals surface area (Å²) < 4.78 is 81.6. The molecule has 2 unspecified atom stereocenters. The fourth-order valence-corrected chi connectivity index (χ4v) is 8.35. The molecule has 2 aliphatic heterocycles. The van der Waals surface area contributed by atoms with E-state index in [1.807, 2.05) is 0 Å². The van der Waals surface area contributed by atoms with Gasteiger partial charge in [-0.3, -0.25) is 33.5 Å². The number of carbonyl (C=O) groups excluding carboxylic acids is 2. The molecule has 0 radical (unpaired) electrons. The first-order valence-electron chi connectivity index (χ1n) is 17.8. The van der Waals surface area contributed by atoms with Crippen LogP contribution in [0.3, 0.4) is 0 Å². The van der Waals surface area contributed by atoms with Gasteiger partial charge in [-0.25, -0.2) is 27.5 Å². The van der Waals surface area contributed by atoms with E-state index < -0.39 is 64.9 Å². The molecule has 4 aromatic heterocycles. The Balaban J connectivity index is 0.808. The van der Waals surface area contributed by atoms with Gasteiger partial charge in [-0.15, -0.1) is 15.3 Å². The molecule has 316 valence electrons. The zero-order valence-electron chi connectivity index (χ0n) is 31.6. The van der Waals surface area contributed by atoms with Crippen molar-refractivity contribution in [1.29, 1.82) is 0 Å². The second-order valence-electron chi connectivity index (χ2n) is 13.4. The van der Waals surface area contributed by atoms with Gasteiger partial charge in [-0.2, -0.15) is 9.11 Å². The fourth-order valence-electron chi connectivity index (χ4n) is 6.22. The molecule has 6 heterocycles. The van der Waals surface area contributed by atoms with Crippen molar-refractivity contribution in [3.63, 3.8) is 0 Å². The van der Waals surface area contributed by atoms with Gasteiger partial charge in [0.15, 0.2) is 0 Å². The zero-order chi connectivity index (χ0) is 43.1. The van der Waals surface area contributed by atoms with Crippen molar-refractivity contribution >= 4 is 39.2 Å². The predicted octanol–water partition coefficient (Wildman–Crippen LogP) is 4.68. The SMILES string of the molecule is Cn1cc(-c2ccc(-c3ccc(N4C[C@H](COP(=O)(O)OP(=O)(O)OC[C@H]5CN(c6ccc(-c7ccc(-c8nnn(C)n8)nc7)c(F)c6)C(=O)O5)OC4=O)cc3F)cn2)nn1. The van der Waals surface area contributed by atoms with Gasteiger partial charge in [0.2, 0.25) is 5.82 Å². The van der Waals surface area contributed by atoms with Crippen LogP contribution in [0.1, 0.15) is 0 Å². The molecule has 4 atom stereocenters. The molecule has 6 aromatic rings. The van der Waals surface area contributed by atoms with Crippen molar-refractivity contribution in [2.24, 2.45) is 14.1 Å². The van der Waals surface area contributed by atoms with Crippen LogP contribution in [0.15, 0.2) is 79.3 Å². The zero-order valence-corrected chi connectivity index (χ0v) is 33.4. The maximum Gasteiger partial charge on any atom is 0.481 e. The number of rotatable bonds is 14. The van der Waals surface area contributed by atoms with Crippen LogP contribution >= 0.6 is 15.6 Å². The summed E-state index contributed by atoms with van der Waals surface area (Å²) in [6, 6.07) is 14.5. The first kappa shape index (κ1) is 41.3. The lowest BCUT2D eigenvalue weighted by molar-refractivity contribution is 0.0733. The molecule has 0 aliphatic carbocycles. The largest absolute Gasteiger partial charge is 0.481 e. The highest BCUT2D eigenvalue weighted by Crippen LogP contribution is 2.60. The van der Waals surface area contributed by atoms with Crippen molar-refractivity contribution in [2.75, 3.05) is 36.1 Å². The molecule has 2 aromatic carbocycles. The molecule has 8 rings (SSSR count). The smallest absolute Gasteiger partial charge is 0.441 e. The number of phosphoric ester groups is 2. The number of cyclic esters (lactones) is 2. The lowest BCUT2D eigenvalue weighted by atomic mass is 10.1. The van der Waals surface area contributed by atoms with Gasteiger partial charge in [0.25, 0.3) is 0 Å². The Kier molecular flexibility index (Phi) is 11.2. The molecule has 22 nitrogen and oxygen atoms in total. The van der Waals surface area contributed by atoms with E-state index >= 15 is 8.78 Å². The second kappa shape index (κ2) is 16.6. The van der Waals surface area contributed by atoms with Gasteiger partial charge in [-0.05, 0) is 53.7 Å². The molecule has 0 saturated carbocycles. The normalized spacial score (nSPS) is 18.5. The van der Waals surface area contributed by atoms with E-state index in [0.717, 1.165) is 21.9 Å². The Labute approximate surface area is 342 Å². The van der Waals surface area contributed by atoms with Gasteiger partial charge in [0, 0.05) is 41.7 Å². The van der Waals surface area contributed by atoms with Crippen LogP contribution in [-0.4, -0.2) is 106 Å². The average Bonchev–Trinajstić information content (AvgIpc) is 4.03. The van der Waals surface area contributed by atoms with Crippen LogP contribution in [0, 0.1) is 11.6 Å². The highest BCUT2D eigenvalue weighted by atomic mass is 31.3. The summed E-state index contributed by atoms with van der Waals surface area (Å²) in [4.78, 5) is 57.6. The van der Waals surface area contributed by atoms with Crippen LogP contribution < -0.4 is 9.80 Å². The van der Waals surface area contributed by atoms with Crippen molar-refractivity contribution in [2.45, 2.75) is 12.2 Å². The number of nitrogens with zero attached hydrogens (tertiary/aromatic N) is 11. The van der Waals surface area contributed by atoms with Crippen molar-refractivity contribution in [3.05, 3.63) is 90.9 Å². The Morgan fingerprint density at radius 2 is 1.25 bits per heavy atom. The summed E-state index contributed by atoms with van der Waals surface area (Å²) in [5.41, 5.74) is 2.97. The summed E-state index contributed by atoms with van der Waals surface area (Å²) in [7, 11) is -7.35. The first-order valence-corrected chi connectivity index (χ1v) is 20.8. The Hall–Kier alpha value is -6.39. The number of tetrazole rings is 1. The summed E-state index contributed by atoms with van der Waals surface area (Å²) in [6.45, 7) is -2.04. The van der Waals surface area contributed by atoms with E-state index in [2.05, 4.69) is 40.0 Å². The molecular formula is C35H31F2N11O11P2. The van der Waals surface area contributed by atoms with Crippen molar-refractivity contribution in [3.8, 4) is 45.2 Å². The number of pyridine rings is 2. The van der Waals surface area contributed by atoms with Crippen LogP contribution in [0.5, 0.6) is 0 Å². The van der Waals surface area contributed by atoms with E-state index in [9.17, 15) is 28.5 Å². The summed E-state index contributed by atoms with van der Waals surface area (Å²) >= 11 is 0. The van der Waals surface area contributed by atoms with Crippen LogP contribution in [0.4, 0.5) is 29.7 Å². The minimum absolute atomic E-state index is 0.103. The Morgan fingerprint density at radius 3 is 1.67 bits per heavy atom. The molecule has 26 heteroatoms. The number of aromatic nitrogens is 9. The lowest BCUT2D eigenvalue weighted by Gasteiger charge is -2.18. The molecule has 2 fully saturated rings. The van der Waals surface area contributed by atoms with Gasteiger partial charge < -0.3 is 19.3 Å². The molecule has 61 heavy (non-hydrogen) atoms. The van der Waals surface area contributed by atoms with Crippen molar-refractivity contribution in [1.82, 2.24) is 45.2 Å². The topological polar surface area (TPSA) is 261 Å². The standard InChI is InChI=1S/C35H31F2N11O11P2/c1-45-17-32(40-43-45)30-9-3-20(13-38-30)26-7-5-22(11-28(26)36)47-15-24(57-34(47)49)18-55-60(51,52)59-61(53,54)56-19-25-16-48(35(50)58-25)23-6-8-27(29(37)12-23)21-4-10-31(39-14-21)33-41-44-46(2)42-33/h3-14,17,24-25H,15-16,18-19H2,1-2H3,(H,51,52)(H,53,54)/t24-,25-/m1/s1. The molecule has 0 spiro atoms. The number of anilines is 2. The predicted molar refractivity (Wildman–Crippen MR) is 205 cm³/mol. The molecule has 2 N–H and O–H groups in total. The van der Waals surface area contributed by atoms with Crippen LogP contribution in [0.2, 0.25) is 0 Å². The number of hydrogen-bond acceptors (Lipinski definition) is 16. The number of benzene rings is 2. The number of carbonyl (C=O) groups is 2. The Bertz CT molecular complexity index is 2540. The minimum atomic E-state index is -5.33. The molecular weight excluding hydrogens is 850 g/mol. The number of phosphoric acid groups is 2. The van der Waals surface area contributed by atoms with Crippen molar-refractivity contribution < 1.29 is 60.1 Å². The summed E-state index contributed by atoms with van der Waals surface area (Å²) in [6.07, 6.45) is 0.377. The number of amides is 2. The van der Waals surface area contributed by atoms with Crippen LogP contribution in [0.25, 0.3) is 45.2 Å².